The van der Waals surface area contributed by atoms with E-state index in [1.165, 1.54) is 5.56 Å². The highest BCUT2D eigenvalue weighted by Gasteiger charge is 2.20. The van der Waals surface area contributed by atoms with Gasteiger partial charge in [-0.2, -0.15) is 0 Å². The van der Waals surface area contributed by atoms with Gasteiger partial charge in [-0.05, 0) is 24.8 Å². The Balaban J connectivity index is 2.26. The standard InChI is InChI=1S/C19H30N2O3/c1-21(2,3)15-17(14-19(23)24)20-18(22)13-9-5-8-12-16-10-6-4-7-11-16/h4,6-7,10-11,17H,5,8-9,12-15H2,1-3H3,(H-,20,22,23,24)/t17-/m1/s1. The zero-order chi connectivity index (χ0) is 18.0. The number of likely N-dealkylation sites (N-methyl/N-ethyl adjacent to an activating group) is 1. The molecule has 0 aromatic heterocycles. The number of carbonyl (C=O) groups is 2. The largest absolute Gasteiger partial charge is 0.550 e. The molecule has 5 heteroatoms. The summed E-state index contributed by atoms with van der Waals surface area (Å²) in [5, 5.41) is 13.7. The second-order valence-electron chi connectivity index (χ2n) is 7.36. The summed E-state index contributed by atoms with van der Waals surface area (Å²) in [6.45, 7) is 0.563. The Hall–Kier alpha value is -1.88. The van der Waals surface area contributed by atoms with Gasteiger partial charge in [-0.15, -0.1) is 0 Å². The summed E-state index contributed by atoms with van der Waals surface area (Å²) in [6.07, 6.45) is 4.19. The van der Waals surface area contributed by atoms with Crippen LogP contribution < -0.4 is 10.4 Å². The van der Waals surface area contributed by atoms with Crippen molar-refractivity contribution in [3.63, 3.8) is 0 Å². The minimum absolute atomic E-state index is 0.0746. The quantitative estimate of drug-likeness (QED) is 0.487. The van der Waals surface area contributed by atoms with Crippen molar-refractivity contribution in [2.24, 2.45) is 0 Å². The molecule has 0 aliphatic heterocycles. The third-order valence-electron chi connectivity index (χ3n) is 3.76. The molecule has 5 nitrogen and oxygen atoms in total. The Morgan fingerprint density at radius 2 is 1.75 bits per heavy atom. The predicted molar refractivity (Wildman–Crippen MR) is 93.1 cm³/mol. The van der Waals surface area contributed by atoms with Crippen molar-refractivity contribution in [1.29, 1.82) is 0 Å². The number of aliphatic carboxylic acids is 1. The van der Waals surface area contributed by atoms with Gasteiger partial charge in [-0.3, -0.25) is 4.79 Å². The first-order valence-corrected chi connectivity index (χ1v) is 8.60. The summed E-state index contributed by atoms with van der Waals surface area (Å²) >= 11 is 0. The maximum Gasteiger partial charge on any atom is 0.220 e. The van der Waals surface area contributed by atoms with Crippen molar-refractivity contribution >= 4 is 11.9 Å². The van der Waals surface area contributed by atoms with Gasteiger partial charge in [0.2, 0.25) is 5.91 Å². The number of unbranched alkanes of at least 4 members (excludes halogenated alkanes) is 2. The number of carbonyl (C=O) groups excluding carboxylic acids is 2. The van der Waals surface area contributed by atoms with Gasteiger partial charge in [0.15, 0.2) is 0 Å². The molecule has 0 unspecified atom stereocenters. The molecule has 1 rings (SSSR count). The second-order valence-corrected chi connectivity index (χ2v) is 7.36. The van der Waals surface area contributed by atoms with Crippen LogP contribution in [-0.4, -0.2) is 50.1 Å². The van der Waals surface area contributed by atoms with E-state index < -0.39 is 5.97 Å². The van der Waals surface area contributed by atoms with Crippen LogP contribution in [0.3, 0.4) is 0 Å². The Bertz CT molecular complexity index is 509. The number of quaternary nitrogens is 1. The maximum atomic E-state index is 12.0. The summed E-state index contributed by atoms with van der Waals surface area (Å²) in [4.78, 5) is 22.9. The zero-order valence-corrected chi connectivity index (χ0v) is 15.1. The van der Waals surface area contributed by atoms with E-state index in [1.807, 2.05) is 39.3 Å². The lowest BCUT2D eigenvalue weighted by atomic mass is 10.1. The predicted octanol–water partition coefficient (Wildman–Crippen LogP) is 1.12. The van der Waals surface area contributed by atoms with Gasteiger partial charge in [0, 0.05) is 18.8 Å². The molecule has 0 heterocycles. The normalized spacial score (nSPS) is 12.6. The van der Waals surface area contributed by atoms with Crippen LogP contribution in [0, 0.1) is 0 Å². The summed E-state index contributed by atoms with van der Waals surface area (Å²) in [7, 11) is 5.91. The van der Waals surface area contributed by atoms with Crippen molar-refractivity contribution in [1.82, 2.24) is 5.32 Å². The minimum Gasteiger partial charge on any atom is -0.550 e. The first kappa shape index (κ1) is 20.2. The number of rotatable bonds is 11. The molecule has 1 aromatic rings. The van der Waals surface area contributed by atoms with E-state index in [9.17, 15) is 14.7 Å². The van der Waals surface area contributed by atoms with Gasteiger partial charge >= 0.3 is 0 Å². The molecule has 1 amide bonds. The van der Waals surface area contributed by atoms with Crippen molar-refractivity contribution in [2.45, 2.75) is 44.6 Å². The van der Waals surface area contributed by atoms with E-state index in [0.29, 0.717) is 17.4 Å². The Kier molecular flexibility index (Phi) is 8.47. The fraction of sp³-hybridized carbons (Fsp3) is 0.579. The minimum atomic E-state index is -1.13. The smallest absolute Gasteiger partial charge is 0.220 e. The van der Waals surface area contributed by atoms with Gasteiger partial charge < -0.3 is 19.7 Å². The molecule has 1 N–H and O–H groups in total. The lowest BCUT2D eigenvalue weighted by Gasteiger charge is -2.30. The highest BCUT2D eigenvalue weighted by atomic mass is 16.4. The van der Waals surface area contributed by atoms with Crippen LogP contribution in [0.4, 0.5) is 0 Å². The van der Waals surface area contributed by atoms with Crippen molar-refractivity contribution in [2.75, 3.05) is 27.7 Å². The molecule has 0 spiro atoms. The zero-order valence-electron chi connectivity index (χ0n) is 15.1. The lowest BCUT2D eigenvalue weighted by molar-refractivity contribution is -0.871. The Labute approximate surface area is 145 Å². The highest BCUT2D eigenvalue weighted by molar-refractivity contribution is 5.77. The molecule has 0 bridgehead atoms. The topological polar surface area (TPSA) is 69.2 Å². The average molecular weight is 334 g/mol. The summed E-state index contributed by atoms with van der Waals surface area (Å²) < 4.78 is 0.593. The molecular formula is C19H30N2O3. The van der Waals surface area contributed by atoms with Crippen molar-refractivity contribution < 1.29 is 19.2 Å². The number of nitrogens with one attached hydrogen (secondary N) is 1. The molecule has 0 fully saturated rings. The Morgan fingerprint density at radius 3 is 2.33 bits per heavy atom. The number of carboxylic acid groups (broad SMARTS) is 1. The number of hydrogen-bond donors (Lipinski definition) is 1. The van der Waals surface area contributed by atoms with Crippen LogP contribution in [0.1, 0.15) is 37.7 Å². The average Bonchev–Trinajstić information content (AvgIpc) is 2.45. The van der Waals surface area contributed by atoms with Crippen LogP contribution in [0.25, 0.3) is 0 Å². The first-order valence-electron chi connectivity index (χ1n) is 8.60. The number of aryl methyl sites for hydroxylation is 1. The van der Waals surface area contributed by atoms with Crippen LogP contribution in [0.5, 0.6) is 0 Å². The number of carboxylic acids is 1. The number of amides is 1. The second kappa shape index (κ2) is 10.1. The number of nitrogens with zero attached hydrogens (tertiary/aromatic N) is 1. The van der Waals surface area contributed by atoms with Crippen LogP contribution in [-0.2, 0) is 16.0 Å². The molecule has 0 saturated carbocycles. The van der Waals surface area contributed by atoms with Crippen LogP contribution >= 0.6 is 0 Å². The van der Waals surface area contributed by atoms with Gasteiger partial charge in [0.05, 0.1) is 33.7 Å². The lowest BCUT2D eigenvalue weighted by Crippen LogP contribution is -2.50. The van der Waals surface area contributed by atoms with E-state index in [2.05, 4.69) is 17.4 Å². The molecule has 134 valence electrons. The maximum absolute atomic E-state index is 12.0. The van der Waals surface area contributed by atoms with Crippen LogP contribution in [0.15, 0.2) is 30.3 Å². The van der Waals surface area contributed by atoms with E-state index in [4.69, 9.17) is 0 Å². The molecular weight excluding hydrogens is 304 g/mol. The van der Waals surface area contributed by atoms with Gasteiger partial charge in [0.25, 0.3) is 0 Å². The third-order valence-corrected chi connectivity index (χ3v) is 3.76. The summed E-state index contributed by atoms with van der Waals surface area (Å²) in [6, 6.07) is 9.92. The third kappa shape index (κ3) is 10.0. The molecule has 1 atom stereocenters. The van der Waals surface area contributed by atoms with E-state index in [0.717, 1.165) is 25.7 Å². The Morgan fingerprint density at radius 1 is 1.08 bits per heavy atom. The number of benzene rings is 1. The molecule has 0 aliphatic carbocycles. The van der Waals surface area contributed by atoms with Gasteiger partial charge in [0.1, 0.15) is 0 Å². The molecule has 24 heavy (non-hydrogen) atoms. The number of hydrogen-bond acceptors (Lipinski definition) is 3. The van der Waals surface area contributed by atoms with Gasteiger partial charge in [-0.25, -0.2) is 0 Å². The molecule has 0 radical (unpaired) electrons. The highest BCUT2D eigenvalue weighted by Crippen LogP contribution is 2.08. The van der Waals surface area contributed by atoms with E-state index >= 15 is 0 Å². The monoisotopic (exact) mass is 334 g/mol. The van der Waals surface area contributed by atoms with Crippen molar-refractivity contribution in [3.8, 4) is 0 Å². The molecule has 0 aliphatic rings. The van der Waals surface area contributed by atoms with E-state index in [1.54, 1.807) is 0 Å². The van der Waals surface area contributed by atoms with Gasteiger partial charge in [-0.1, -0.05) is 36.8 Å². The first-order chi connectivity index (χ1) is 11.3. The summed E-state index contributed by atoms with van der Waals surface area (Å²) in [5.41, 5.74) is 1.32. The van der Waals surface area contributed by atoms with E-state index in [-0.39, 0.29) is 18.4 Å². The summed E-state index contributed by atoms with van der Waals surface area (Å²) in [5.74, 6) is -1.20. The fourth-order valence-electron chi connectivity index (χ4n) is 2.76. The molecule has 1 aromatic carbocycles. The SMILES string of the molecule is C[N+](C)(C)C[C@@H](CC(=O)[O-])NC(=O)CCCCCc1ccccc1. The van der Waals surface area contributed by atoms with Crippen LogP contribution in [0.2, 0.25) is 0 Å². The fourth-order valence-corrected chi connectivity index (χ4v) is 2.76. The molecule has 0 saturated heterocycles. The van der Waals surface area contributed by atoms with Crippen molar-refractivity contribution in [3.05, 3.63) is 35.9 Å².